The van der Waals surface area contributed by atoms with Gasteiger partial charge in [-0.15, -0.1) is 0 Å². The Hall–Kier alpha value is -3.30. The first-order valence-corrected chi connectivity index (χ1v) is 14.6. The number of nitrogens with one attached hydrogen (secondary N) is 2. The molecule has 1 aromatic carbocycles. The van der Waals surface area contributed by atoms with Crippen molar-refractivity contribution in [2.24, 2.45) is 11.8 Å². The second-order valence-electron chi connectivity index (χ2n) is 11.9. The van der Waals surface area contributed by atoms with Gasteiger partial charge in [0.2, 0.25) is 11.8 Å². The van der Waals surface area contributed by atoms with Crippen molar-refractivity contribution >= 4 is 23.9 Å². The molecule has 4 atom stereocenters. The van der Waals surface area contributed by atoms with Gasteiger partial charge in [-0.3, -0.25) is 14.4 Å². The van der Waals surface area contributed by atoms with Gasteiger partial charge in [-0.1, -0.05) is 46.2 Å². The van der Waals surface area contributed by atoms with Gasteiger partial charge >= 0.3 is 12.1 Å². The van der Waals surface area contributed by atoms with Crippen molar-refractivity contribution in [1.29, 1.82) is 0 Å². The van der Waals surface area contributed by atoms with Crippen molar-refractivity contribution in [3.8, 4) is 5.75 Å². The minimum atomic E-state index is -1.08. The van der Waals surface area contributed by atoms with Gasteiger partial charge in [-0.2, -0.15) is 0 Å². The number of alkyl carbamates (subject to hydrolysis) is 1. The van der Waals surface area contributed by atoms with Crippen molar-refractivity contribution < 1.29 is 33.8 Å². The molecule has 0 aliphatic rings. The summed E-state index contributed by atoms with van der Waals surface area (Å²) >= 11 is 0. The number of benzene rings is 1. The summed E-state index contributed by atoms with van der Waals surface area (Å²) in [7, 11) is 0. The van der Waals surface area contributed by atoms with E-state index < -0.39 is 41.6 Å². The molecular formula is C31H51N3O7. The van der Waals surface area contributed by atoms with Crippen LogP contribution in [-0.4, -0.2) is 64.7 Å². The van der Waals surface area contributed by atoms with Crippen molar-refractivity contribution in [1.82, 2.24) is 15.5 Å². The van der Waals surface area contributed by atoms with Crippen molar-refractivity contribution in [3.05, 3.63) is 29.8 Å². The van der Waals surface area contributed by atoms with E-state index in [1.807, 2.05) is 20.8 Å². The minimum absolute atomic E-state index is 0.0185. The quantitative estimate of drug-likeness (QED) is 0.247. The minimum Gasteiger partial charge on any atom is -0.508 e. The lowest BCUT2D eigenvalue weighted by Gasteiger charge is -2.40. The van der Waals surface area contributed by atoms with Gasteiger partial charge in [0, 0.05) is 12.6 Å². The number of hydrogen-bond acceptors (Lipinski definition) is 7. The average Bonchev–Trinajstić information content (AvgIpc) is 2.87. The molecule has 1 aromatic rings. The molecule has 0 aromatic heterocycles. The fourth-order valence-corrected chi connectivity index (χ4v) is 4.30. The molecule has 0 fully saturated rings. The fourth-order valence-electron chi connectivity index (χ4n) is 4.30. The monoisotopic (exact) mass is 577 g/mol. The molecule has 10 nitrogen and oxygen atoms in total. The zero-order valence-electron chi connectivity index (χ0n) is 26.3. The number of carbonyl (C=O) groups excluding carboxylic acids is 4. The van der Waals surface area contributed by atoms with Crippen LogP contribution in [0.5, 0.6) is 5.75 Å². The second-order valence-corrected chi connectivity index (χ2v) is 11.9. The maximum atomic E-state index is 14.4. The van der Waals surface area contributed by atoms with E-state index in [1.54, 1.807) is 39.8 Å². The first kappa shape index (κ1) is 35.7. The Balaban J connectivity index is 3.57. The number of ether oxygens (including phenoxy) is 2. The van der Waals surface area contributed by atoms with Gasteiger partial charge in [0.15, 0.2) is 0 Å². The van der Waals surface area contributed by atoms with Gasteiger partial charge in [0.05, 0.1) is 13.0 Å². The Labute approximate surface area is 245 Å². The van der Waals surface area contributed by atoms with Crippen LogP contribution in [-0.2, 0) is 23.9 Å². The first-order chi connectivity index (χ1) is 19.1. The molecule has 3 N–H and O–H groups in total. The van der Waals surface area contributed by atoms with E-state index in [9.17, 15) is 24.3 Å². The largest absolute Gasteiger partial charge is 0.508 e. The van der Waals surface area contributed by atoms with Crippen LogP contribution in [0.4, 0.5) is 4.79 Å². The zero-order valence-corrected chi connectivity index (χ0v) is 26.3. The molecular weight excluding hydrogens is 526 g/mol. The van der Waals surface area contributed by atoms with Crippen LogP contribution in [0.3, 0.4) is 0 Å². The third-order valence-electron chi connectivity index (χ3n) is 6.71. The second kappa shape index (κ2) is 16.8. The van der Waals surface area contributed by atoms with E-state index in [0.29, 0.717) is 24.3 Å². The van der Waals surface area contributed by atoms with E-state index >= 15 is 0 Å². The summed E-state index contributed by atoms with van der Waals surface area (Å²) in [6.07, 6.45) is 1.29. The van der Waals surface area contributed by atoms with Crippen LogP contribution < -0.4 is 10.6 Å². The molecule has 1 rings (SSSR count). The van der Waals surface area contributed by atoms with Crippen molar-refractivity contribution in [3.63, 3.8) is 0 Å². The number of phenols is 1. The summed E-state index contributed by atoms with van der Waals surface area (Å²) in [4.78, 5) is 54.5. The summed E-state index contributed by atoms with van der Waals surface area (Å²) < 4.78 is 10.4. The normalized spacial score (nSPS) is 14.4. The smallest absolute Gasteiger partial charge is 0.408 e. The maximum absolute atomic E-state index is 14.4. The lowest BCUT2D eigenvalue weighted by atomic mass is 9.93. The number of carbonyl (C=O) groups is 4. The summed E-state index contributed by atoms with van der Waals surface area (Å²) in [5, 5.41) is 15.5. The molecule has 0 saturated heterocycles. The molecule has 0 heterocycles. The predicted octanol–water partition coefficient (Wildman–Crippen LogP) is 5.10. The molecule has 0 aliphatic heterocycles. The average molecular weight is 578 g/mol. The van der Waals surface area contributed by atoms with E-state index in [-0.39, 0.29) is 37.3 Å². The van der Waals surface area contributed by atoms with Crippen LogP contribution in [0.25, 0.3) is 0 Å². The Morgan fingerprint density at radius 2 is 1.59 bits per heavy atom. The SMILES string of the molecule is CCOC(=O)CCNC(=O)C(c1ccc(O)cc1)N(C(=O)C(NC(=O)OC(C)(C)C)C(C)CC)C(C)CCC(C)C. The predicted molar refractivity (Wildman–Crippen MR) is 158 cm³/mol. The van der Waals surface area contributed by atoms with Crippen LogP contribution >= 0.6 is 0 Å². The fraction of sp³-hybridized carbons (Fsp3) is 0.677. The third-order valence-corrected chi connectivity index (χ3v) is 6.71. The molecule has 3 amide bonds. The zero-order chi connectivity index (χ0) is 31.3. The van der Waals surface area contributed by atoms with Crippen LogP contribution in [0.1, 0.15) is 99.6 Å². The van der Waals surface area contributed by atoms with Crippen LogP contribution in [0.15, 0.2) is 24.3 Å². The highest BCUT2D eigenvalue weighted by atomic mass is 16.6. The van der Waals surface area contributed by atoms with Gasteiger partial charge < -0.3 is 30.1 Å². The lowest BCUT2D eigenvalue weighted by Crippen LogP contribution is -2.57. The van der Waals surface area contributed by atoms with E-state index in [2.05, 4.69) is 24.5 Å². The van der Waals surface area contributed by atoms with Crippen LogP contribution in [0, 0.1) is 11.8 Å². The van der Waals surface area contributed by atoms with Gasteiger partial charge in [-0.05, 0) is 77.0 Å². The molecule has 0 spiro atoms. The molecule has 41 heavy (non-hydrogen) atoms. The number of phenolic OH excluding ortho intramolecular Hbond substituents is 1. The molecule has 0 radical (unpaired) electrons. The Kier molecular flexibility index (Phi) is 14.7. The van der Waals surface area contributed by atoms with Crippen molar-refractivity contribution in [2.75, 3.05) is 13.2 Å². The number of amides is 3. The summed E-state index contributed by atoms with van der Waals surface area (Å²) in [5.41, 5.74) is -0.272. The molecule has 0 bridgehead atoms. The summed E-state index contributed by atoms with van der Waals surface area (Å²) in [5.74, 6) is -1.21. The van der Waals surface area contributed by atoms with Crippen molar-refractivity contribution in [2.45, 2.75) is 112 Å². The Morgan fingerprint density at radius 1 is 0.976 bits per heavy atom. The number of hydrogen-bond donors (Lipinski definition) is 3. The number of esters is 1. The van der Waals surface area contributed by atoms with E-state index in [0.717, 1.165) is 6.42 Å². The molecule has 0 saturated carbocycles. The van der Waals surface area contributed by atoms with Crippen LogP contribution in [0.2, 0.25) is 0 Å². The molecule has 10 heteroatoms. The highest BCUT2D eigenvalue weighted by Gasteiger charge is 2.40. The summed E-state index contributed by atoms with van der Waals surface area (Å²) in [6, 6.07) is 3.69. The lowest BCUT2D eigenvalue weighted by molar-refractivity contribution is -0.147. The van der Waals surface area contributed by atoms with E-state index in [4.69, 9.17) is 9.47 Å². The maximum Gasteiger partial charge on any atom is 0.408 e. The highest BCUT2D eigenvalue weighted by Crippen LogP contribution is 2.30. The number of nitrogens with zero attached hydrogens (tertiary/aromatic N) is 1. The third kappa shape index (κ3) is 12.4. The van der Waals surface area contributed by atoms with Gasteiger partial charge in [0.1, 0.15) is 23.4 Å². The molecule has 4 unspecified atom stereocenters. The number of rotatable bonds is 15. The standard InChI is InChI=1S/C31H51N3O7/c1-10-21(5)26(33-30(39)41-31(7,8)9)29(38)34(22(6)13-12-20(3)4)27(23-14-16-24(35)17-15-23)28(37)32-19-18-25(36)40-11-2/h14-17,20-22,26-27,35H,10-13,18-19H2,1-9H3,(H,32,37)(H,33,39). The molecule has 0 aliphatic carbocycles. The topological polar surface area (TPSA) is 134 Å². The summed E-state index contributed by atoms with van der Waals surface area (Å²) in [6.45, 7) is 17.1. The van der Waals surface area contributed by atoms with E-state index in [1.165, 1.54) is 17.0 Å². The van der Waals surface area contributed by atoms with Gasteiger partial charge in [0.25, 0.3) is 0 Å². The Bertz CT molecular complexity index is 988. The first-order valence-electron chi connectivity index (χ1n) is 14.6. The molecule has 232 valence electrons. The highest BCUT2D eigenvalue weighted by molar-refractivity contribution is 5.92. The van der Waals surface area contributed by atoms with Gasteiger partial charge in [-0.25, -0.2) is 4.79 Å². The number of aromatic hydroxyl groups is 1. The Morgan fingerprint density at radius 3 is 2.10 bits per heavy atom.